The standard InChI is InChI=1S/C16H20FNO3/c1-9(8-10-6-4-5-7-11(10)17)18-14(19)12-13(15(20)21)16(12,2)3/h4-7,9,12-13H,8H2,1-3H3,(H,18,19)(H,20,21)/t9?,12-,13+/m0/s1. The lowest BCUT2D eigenvalue weighted by Crippen LogP contribution is -2.36. The Bertz CT molecular complexity index is 570. The molecular weight excluding hydrogens is 273 g/mol. The molecule has 5 heteroatoms. The van der Waals surface area contributed by atoms with Gasteiger partial charge < -0.3 is 10.4 Å². The van der Waals surface area contributed by atoms with Gasteiger partial charge in [-0.05, 0) is 30.4 Å². The van der Waals surface area contributed by atoms with E-state index in [0.717, 1.165) is 0 Å². The highest BCUT2D eigenvalue weighted by Crippen LogP contribution is 2.58. The lowest BCUT2D eigenvalue weighted by Gasteiger charge is -2.15. The van der Waals surface area contributed by atoms with Gasteiger partial charge in [0.1, 0.15) is 5.82 Å². The molecule has 0 bridgehead atoms. The fraction of sp³-hybridized carbons (Fsp3) is 0.500. The number of aliphatic carboxylic acids is 1. The maximum Gasteiger partial charge on any atom is 0.307 e. The second-order valence-electron chi connectivity index (χ2n) is 6.32. The van der Waals surface area contributed by atoms with Crippen LogP contribution < -0.4 is 5.32 Å². The van der Waals surface area contributed by atoms with Gasteiger partial charge in [0, 0.05) is 6.04 Å². The third kappa shape index (κ3) is 3.06. The van der Waals surface area contributed by atoms with Crippen molar-refractivity contribution in [1.29, 1.82) is 0 Å². The van der Waals surface area contributed by atoms with Crippen LogP contribution in [0, 0.1) is 23.1 Å². The fourth-order valence-corrected chi connectivity index (χ4v) is 2.97. The number of carboxylic acids is 1. The van der Waals surface area contributed by atoms with E-state index in [1.807, 2.05) is 0 Å². The molecule has 0 saturated heterocycles. The topological polar surface area (TPSA) is 66.4 Å². The quantitative estimate of drug-likeness (QED) is 0.875. The second-order valence-corrected chi connectivity index (χ2v) is 6.32. The van der Waals surface area contributed by atoms with Crippen LogP contribution in [-0.2, 0) is 16.0 Å². The van der Waals surface area contributed by atoms with Gasteiger partial charge in [-0.2, -0.15) is 0 Å². The Labute approximate surface area is 123 Å². The smallest absolute Gasteiger partial charge is 0.307 e. The number of carboxylic acid groups (broad SMARTS) is 1. The number of hydrogen-bond acceptors (Lipinski definition) is 2. The van der Waals surface area contributed by atoms with E-state index in [2.05, 4.69) is 5.32 Å². The zero-order valence-electron chi connectivity index (χ0n) is 12.4. The molecule has 4 nitrogen and oxygen atoms in total. The van der Waals surface area contributed by atoms with Gasteiger partial charge >= 0.3 is 5.97 Å². The van der Waals surface area contributed by atoms with Crippen LogP contribution in [0.25, 0.3) is 0 Å². The molecular formula is C16H20FNO3. The number of amides is 1. The Morgan fingerprint density at radius 1 is 1.33 bits per heavy atom. The van der Waals surface area contributed by atoms with Gasteiger partial charge in [0.15, 0.2) is 0 Å². The van der Waals surface area contributed by atoms with Crippen molar-refractivity contribution in [3.05, 3.63) is 35.6 Å². The summed E-state index contributed by atoms with van der Waals surface area (Å²) in [6.45, 7) is 5.34. The summed E-state index contributed by atoms with van der Waals surface area (Å²) in [4.78, 5) is 23.2. The maximum absolute atomic E-state index is 13.6. The number of rotatable bonds is 5. The third-order valence-corrected chi connectivity index (χ3v) is 4.25. The van der Waals surface area contributed by atoms with Crippen molar-refractivity contribution >= 4 is 11.9 Å². The summed E-state index contributed by atoms with van der Waals surface area (Å²) >= 11 is 0. The van der Waals surface area contributed by atoms with E-state index in [0.29, 0.717) is 12.0 Å². The predicted octanol–water partition coefficient (Wildman–Crippen LogP) is 2.23. The number of benzene rings is 1. The lowest BCUT2D eigenvalue weighted by atomic mass is 10.1. The van der Waals surface area contributed by atoms with E-state index in [1.54, 1.807) is 39.0 Å². The highest BCUT2D eigenvalue weighted by atomic mass is 19.1. The van der Waals surface area contributed by atoms with Crippen molar-refractivity contribution in [1.82, 2.24) is 5.32 Å². The zero-order chi connectivity index (χ0) is 15.8. The maximum atomic E-state index is 13.6. The number of nitrogens with one attached hydrogen (secondary N) is 1. The van der Waals surface area contributed by atoms with E-state index in [1.165, 1.54) is 6.07 Å². The van der Waals surface area contributed by atoms with E-state index >= 15 is 0 Å². The number of hydrogen-bond donors (Lipinski definition) is 2. The highest BCUT2D eigenvalue weighted by Gasteiger charge is 2.65. The molecule has 1 saturated carbocycles. The lowest BCUT2D eigenvalue weighted by molar-refractivity contribution is -0.140. The van der Waals surface area contributed by atoms with Gasteiger partial charge in [-0.25, -0.2) is 4.39 Å². The molecule has 1 aromatic carbocycles. The van der Waals surface area contributed by atoms with Gasteiger partial charge in [0.25, 0.3) is 0 Å². The molecule has 1 fully saturated rings. The van der Waals surface area contributed by atoms with Crippen LogP contribution in [-0.4, -0.2) is 23.0 Å². The minimum atomic E-state index is -0.943. The second kappa shape index (κ2) is 5.47. The SMILES string of the molecule is CC(Cc1ccccc1F)NC(=O)[C@@H]1[C@H](C(=O)O)C1(C)C. The fourth-order valence-electron chi connectivity index (χ4n) is 2.97. The normalized spacial score (nSPS) is 24.2. The van der Waals surface area contributed by atoms with Crippen molar-refractivity contribution in [2.45, 2.75) is 33.2 Å². The van der Waals surface area contributed by atoms with Crippen molar-refractivity contribution in [2.24, 2.45) is 17.3 Å². The van der Waals surface area contributed by atoms with Crippen LogP contribution in [0.2, 0.25) is 0 Å². The summed E-state index contributed by atoms with van der Waals surface area (Å²) < 4.78 is 13.6. The van der Waals surface area contributed by atoms with Crippen molar-refractivity contribution in [3.63, 3.8) is 0 Å². The molecule has 0 heterocycles. The molecule has 1 aromatic rings. The van der Waals surface area contributed by atoms with Gasteiger partial charge in [0.05, 0.1) is 11.8 Å². The Balaban J connectivity index is 1.95. The molecule has 1 aliphatic rings. The molecule has 0 aromatic heterocycles. The predicted molar refractivity (Wildman–Crippen MR) is 76.1 cm³/mol. The Kier molecular flexibility index (Phi) is 4.03. The summed E-state index contributed by atoms with van der Waals surface area (Å²) in [6, 6.07) is 6.18. The van der Waals surface area contributed by atoms with Crippen molar-refractivity contribution in [3.8, 4) is 0 Å². The molecule has 0 aliphatic heterocycles. The average molecular weight is 293 g/mol. The largest absolute Gasteiger partial charge is 0.481 e. The molecule has 1 aliphatic carbocycles. The van der Waals surface area contributed by atoms with Gasteiger partial charge in [0.2, 0.25) is 5.91 Å². The van der Waals surface area contributed by atoms with Crippen LogP contribution in [0.15, 0.2) is 24.3 Å². The van der Waals surface area contributed by atoms with Crippen LogP contribution in [0.1, 0.15) is 26.3 Å². The minimum absolute atomic E-state index is 0.250. The first-order valence-corrected chi connectivity index (χ1v) is 7.01. The minimum Gasteiger partial charge on any atom is -0.481 e. The Morgan fingerprint density at radius 2 is 1.95 bits per heavy atom. The van der Waals surface area contributed by atoms with E-state index in [9.17, 15) is 14.0 Å². The molecule has 0 radical (unpaired) electrons. The van der Waals surface area contributed by atoms with Gasteiger partial charge in [-0.3, -0.25) is 9.59 Å². The molecule has 21 heavy (non-hydrogen) atoms. The number of halogens is 1. The Morgan fingerprint density at radius 3 is 2.48 bits per heavy atom. The molecule has 2 rings (SSSR count). The highest BCUT2D eigenvalue weighted by molar-refractivity contribution is 5.91. The summed E-state index contributed by atoms with van der Waals surface area (Å²) in [7, 11) is 0. The molecule has 1 unspecified atom stereocenters. The molecule has 0 spiro atoms. The van der Waals surface area contributed by atoms with Crippen LogP contribution in [0.5, 0.6) is 0 Å². The van der Waals surface area contributed by atoms with Crippen molar-refractivity contribution in [2.75, 3.05) is 0 Å². The molecule has 114 valence electrons. The number of carbonyl (C=O) groups excluding carboxylic acids is 1. The monoisotopic (exact) mass is 293 g/mol. The van der Waals surface area contributed by atoms with Crippen LogP contribution >= 0.6 is 0 Å². The summed E-state index contributed by atoms with van der Waals surface area (Å²) in [5.41, 5.74) is 0.0170. The first kappa shape index (κ1) is 15.5. The molecule has 1 amide bonds. The van der Waals surface area contributed by atoms with Crippen LogP contribution in [0.4, 0.5) is 4.39 Å². The summed E-state index contributed by atoms with van der Waals surface area (Å²) in [5, 5.41) is 11.9. The molecule has 2 N–H and O–H groups in total. The van der Waals surface area contributed by atoms with Crippen LogP contribution in [0.3, 0.4) is 0 Å². The van der Waals surface area contributed by atoms with Gasteiger partial charge in [-0.1, -0.05) is 32.0 Å². The van der Waals surface area contributed by atoms with E-state index in [4.69, 9.17) is 5.11 Å². The van der Waals surface area contributed by atoms with E-state index < -0.39 is 23.2 Å². The van der Waals surface area contributed by atoms with Gasteiger partial charge in [-0.15, -0.1) is 0 Å². The molecule has 3 atom stereocenters. The average Bonchev–Trinajstić information content (AvgIpc) is 2.95. The summed E-state index contributed by atoms with van der Waals surface area (Å²) in [6.07, 6.45) is 0.378. The summed E-state index contributed by atoms with van der Waals surface area (Å²) in [5.74, 6) is -2.66. The number of carbonyl (C=O) groups is 2. The van der Waals surface area contributed by atoms with Crippen molar-refractivity contribution < 1.29 is 19.1 Å². The Hall–Kier alpha value is -1.91. The zero-order valence-corrected chi connectivity index (χ0v) is 12.4. The third-order valence-electron chi connectivity index (χ3n) is 4.25. The first-order valence-electron chi connectivity index (χ1n) is 7.01. The first-order chi connectivity index (χ1) is 9.75. The van der Waals surface area contributed by atoms with E-state index in [-0.39, 0.29) is 17.8 Å².